The predicted molar refractivity (Wildman–Crippen MR) is 163 cm³/mol. The Balaban J connectivity index is 1.61. The van der Waals surface area contributed by atoms with Gasteiger partial charge < -0.3 is 20.1 Å². The lowest BCUT2D eigenvalue weighted by Crippen LogP contribution is -2.39. The average Bonchev–Trinajstić information content (AvgIpc) is 2.98. The summed E-state index contributed by atoms with van der Waals surface area (Å²) in [7, 11) is -5.05. The minimum absolute atomic E-state index is 0.0570. The van der Waals surface area contributed by atoms with Gasteiger partial charge in [-0.25, -0.2) is 16.8 Å². The maximum Gasteiger partial charge on any atom is 0.261 e. The van der Waals surface area contributed by atoms with Crippen molar-refractivity contribution in [3.63, 3.8) is 0 Å². The van der Waals surface area contributed by atoms with Crippen LogP contribution >= 0.6 is 11.6 Å². The van der Waals surface area contributed by atoms with Gasteiger partial charge in [-0.3, -0.25) is 9.52 Å². The lowest BCUT2D eigenvalue weighted by atomic mass is 9.96. The van der Waals surface area contributed by atoms with E-state index in [2.05, 4.69) is 21.9 Å². The van der Waals surface area contributed by atoms with Gasteiger partial charge in [0, 0.05) is 16.8 Å². The number of hydrogen-bond acceptors (Lipinski definition) is 8. The molecule has 0 saturated carbocycles. The molecule has 1 amide bonds. The van der Waals surface area contributed by atoms with Crippen LogP contribution in [0, 0.1) is 5.92 Å². The van der Waals surface area contributed by atoms with Gasteiger partial charge in [-0.2, -0.15) is 0 Å². The number of hydrogen-bond donors (Lipinski definition) is 3. The van der Waals surface area contributed by atoms with Crippen LogP contribution in [0.3, 0.4) is 0 Å². The summed E-state index contributed by atoms with van der Waals surface area (Å²) in [4.78, 5) is 13.5. The first-order chi connectivity index (χ1) is 20.0. The number of nitrogens with one attached hydrogen (secondary N) is 3. The van der Waals surface area contributed by atoms with Gasteiger partial charge in [0.15, 0.2) is 21.3 Å². The molecule has 4 rings (SSSR count). The lowest BCUT2D eigenvalue weighted by Gasteiger charge is -2.28. The number of sulfonamides is 1. The Labute approximate surface area is 251 Å². The fourth-order valence-electron chi connectivity index (χ4n) is 4.78. The van der Waals surface area contributed by atoms with E-state index in [4.69, 9.17) is 21.1 Å². The van der Waals surface area contributed by atoms with Gasteiger partial charge in [0.1, 0.15) is 0 Å². The molecule has 3 aromatic rings. The van der Waals surface area contributed by atoms with E-state index in [1.807, 2.05) is 0 Å². The summed E-state index contributed by atoms with van der Waals surface area (Å²) in [6.45, 7) is 5.22. The van der Waals surface area contributed by atoms with Crippen LogP contribution in [-0.2, 0) is 19.9 Å². The van der Waals surface area contributed by atoms with Gasteiger partial charge in [0.05, 0.1) is 40.5 Å². The molecule has 42 heavy (non-hydrogen) atoms. The number of carbonyl (C=O) groups excluding carboxylic acids is 1. The number of anilines is 2. The first kappa shape index (κ1) is 31.4. The molecule has 1 aliphatic heterocycles. The van der Waals surface area contributed by atoms with Crippen molar-refractivity contribution in [2.75, 3.05) is 37.3 Å². The molecule has 2 unspecified atom stereocenters. The first-order valence-corrected chi connectivity index (χ1v) is 16.4. The van der Waals surface area contributed by atoms with Gasteiger partial charge in [-0.05, 0) is 86.4 Å². The SMILES string of the molecule is C=CC(C1CCCNC1)S(=O)(=O)c1ccc(NC(=O)c2cc(OC)c(OC)cc2NS(=O)(=O)c2ccc(Cl)cc2)cc1. The van der Waals surface area contributed by atoms with Gasteiger partial charge in [0.2, 0.25) is 0 Å². The zero-order valence-corrected chi connectivity index (χ0v) is 25.5. The van der Waals surface area contributed by atoms with E-state index in [0.29, 0.717) is 17.3 Å². The molecule has 0 radical (unpaired) electrons. The fraction of sp³-hybridized carbons (Fsp3) is 0.276. The maximum atomic E-state index is 13.4. The monoisotopic (exact) mass is 633 g/mol. The molecule has 0 aromatic heterocycles. The van der Waals surface area contributed by atoms with Crippen molar-refractivity contribution in [3.05, 3.63) is 83.9 Å². The Hall–Kier alpha value is -3.58. The fourth-order valence-corrected chi connectivity index (χ4v) is 7.80. The quantitative estimate of drug-likeness (QED) is 0.257. The molecule has 2 atom stereocenters. The van der Waals surface area contributed by atoms with Crippen LogP contribution in [-0.4, -0.2) is 55.3 Å². The summed E-state index contributed by atoms with van der Waals surface area (Å²) in [6, 6.07) is 14.0. The van der Waals surface area contributed by atoms with Crippen LogP contribution in [0.2, 0.25) is 5.02 Å². The lowest BCUT2D eigenvalue weighted by molar-refractivity contribution is 0.102. The molecule has 0 bridgehead atoms. The van der Waals surface area contributed by atoms with Crippen molar-refractivity contribution >= 4 is 48.7 Å². The molecule has 3 aromatic carbocycles. The van der Waals surface area contributed by atoms with Crippen molar-refractivity contribution < 1.29 is 31.1 Å². The van der Waals surface area contributed by atoms with Crippen LogP contribution < -0.4 is 24.8 Å². The zero-order valence-electron chi connectivity index (χ0n) is 23.1. The van der Waals surface area contributed by atoms with E-state index in [9.17, 15) is 21.6 Å². The van der Waals surface area contributed by atoms with Crippen LogP contribution in [0.4, 0.5) is 11.4 Å². The van der Waals surface area contributed by atoms with Crippen LogP contribution in [0.1, 0.15) is 23.2 Å². The number of halogens is 1. The Morgan fingerprint density at radius 1 is 1.00 bits per heavy atom. The molecule has 10 nitrogen and oxygen atoms in total. The molecule has 13 heteroatoms. The maximum absolute atomic E-state index is 13.4. The summed E-state index contributed by atoms with van der Waals surface area (Å²) in [6.07, 6.45) is 3.16. The highest BCUT2D eigenvalue weighted by molar-refractivity contribution is 7.92. The Morgan fingerprint density at radius 2 is 1.62 bits per heavy atom. The molecular weight excluding hydrogens is 602 g/mol. The highest BCUT2D eigenvalue weighted by Gasteiger charge is 2.33. The number of piperidine rings is 1. The van der Waals surface area contributed by atoms with E-state index in [1.165, 1.54) is 81.0 Å². The van der Waals surface area contributed by atoms with Crippen molar-refractivity contribution in [1.29, 1.82) is 0 Å². The smallest absolute Gasteiger partial charge is 0.261 e. The van der Waals surface area contributed by atoms with Crippen molar-refractivity contribution in [2.24, 2.45) is 5.92 Å². The standard InChI is InChI=1S/C29H32ClN3O7S2/c1-4-28(19-6-5-15-31-18-19)41(35,36)22-13-9-21(10-14-22)32-29(34)24-16-26(39-2)27(40-3)17-25(24)33-42(37,38)23-11-7-20(30)8-12-23/h4,7-14,16-17,19,28,31,33H,1,5-6,15,18H2,2-3H3,(H,32,34). The van der Waals surface area contributed by atoms with E-state index in [-0.39, 0.29) is 38.5 Å². The van der Waals surface area contributed by atoms with Gasteiger partial charge in [0.25, 0.3) is 15.9 Å². The summed E-state index contributed by atoms with van der Waals surface area (Å²) in [5.74, 6) is -0.355. The van der Waals surface area contributed by atoms with Crippen LogP contribution in [0.5, 0.6) is 11.5 Å². The average molecular weight is 634 g/mol. The van der Waals surface area contributed by atoms with Crippen molar-refractivity contribution in [3.8, 4) is 11.5 Å². The van der Waals surface area contributed by atoms with E-state index in [0.717, 1.165) is 19.4 Å². The Bertz CT molecular complexity index is 1650. The predicted octanol–water partition coefficient (Wildman–Crippen LogP) is 4.74. The van der Waals surface area contributed by atoms with Gasteiger partial charge in [-0.1, -0.05) is 17.7 Å². The molecule has 224 valence electrons. The zero-order chi connectivity index (χ0) is 30.5. The van der Waals surface area contributed by atoms with E-state index >= 15 is 0 Å². The number of benzene rings is 3. The van der Waals surface area contributed by atoms with Gasteiger partial charge in [-0.15, -0.1) is 6.58 Å². The van der Waals surface area contributed by atoms with E-state index in [1.54, 1.807) is 0 Å². The molecular formula is C29H32ClN3O7S2. The molecule has 0 aliphatic carbocycles. The third kappa shape index (κ3) is 6.89. The van der Waals surface area contributed by atoms with Gasteiger partial charge >= 0.3 is 0 Å². The second-order valence-electron chi connectivity index (χ2n) is 9.64. The number of rotatable bonds is 11. The number of sulfone groups is 1. The van der Waals surface area contributed by atoms with Crippen molar-refractivity contribution in [2.45, 2.75) is 27.9 Å². The molecule has 0 spiro atoms. The number of carbonyl (C=O) groups is 1. The van der Waals surface area contributed by atoms with Crippen LogP contribution in [0.25, 0.3) is 0 Å². The second-order valence-corrected chi connectivity index (χ2v) is 13.9. The van der Waals surface area contributed by atoms with Crippen LogP contribution in [0.15, 0.2) is 83.1 Å². The highest BCUT2D eigenvalue weighted by atomic mass is 35.5. The second kappa shape index (κ2) is 13.2. The molecule has 3 N–H and O–H groups in total. The summed E-state index contributed by atoms with van der Waals surface area (Å²) in [5, 5.41) is 5.56. The number of methoxy groups -OCH3 is 2. The Kier molecular flexibility index (Phi) is 9.82. The summed E-state index contributed by atoms with van der Waals surface area (Å²) >= 11 is 5.89. The molecule has 1 fully saturated rings. The third-order valence-corrected chi connectivity index (χ3v) is 10.8. The molecule has 1 saturated heterocycles. The number of ether oxygens (including phenoxy) is 2. The minimum atomic E-state index is -4.11. The third-order valence-electron chi connectivity index (χ3n) is 6.97. The minimum Gasteiger partial charge on any atom is -0.493 e. The topological polar surface area (TPSA) is 140 Å². The highest BCUT2D eigenvalue weighted by Crippen LogP contribution is 2.35. The summed E-state index contributed by atoms with van der Waals surface area (Å²) < 4.78 is 66.0. The normalized spacial score (nSPS) is 16.2. The van der Waals surface area contributed by atoms with Crippen molar-refractivity contribution in [1.82, 2.24) is 5.32 Å². The first-order valence-electron chi connectivity index (χ1n) is 13.0. The largest absolute Gasteiger partial charge is 0.493 e. The number of amides is 1. The Morgan fingerprint density at radius 3 is 2.19 bits per heavy atom. The summed E-state index contributed by atoms with van der Waals surface area (Å²) in [5.41, 5.74) is 0.183. The molecule has 1 aliphatic rings. The molecule has 1 heterocycles. The van der Waals surface area contributed by atoms with E-state index < -0.39 is 31.0 Å².